The molecule has 2 fully saturated rings. The number of amides is 1. The van der Waals surface area contributed by atoms with Crippen molar-refractivity contribution in [1.82, 2.24) is 9.21 Å². The van der Waals surface area contributed by atoms with Crippen LogP contribution in [0, 0.1) is 0 Å². The molecule has 1 aromatic rings. The minimum Gasteiger partial charge on any atom is -0.452 e. The summed E-state index contributed by atoms with van der Waals surface area (Å²) in [5.74, 6) is -1.16. The molecule has 0 spiro atoms. The fourth-order valence-electron chi connectivity index (χ4n) is 3.43. The van der Waals surface area contributed by atoms with Gasteiger partial charge in [-0.15, -0.1) is 0 Å². The summed E-state index contributed by atoms with van der Waals surface area (Å²) in [6.45, 7) is 1.77. The van der Waals surface area contributed by atoms with E-state index >= 15 is 0 Å². The summed E-state index contributed by atoms with van der Waals surface area (Å²) < 4.78 is 37.4. The minimum atomic E-state index is -3.94. The van der Waals surface area contributed by atoms with Gasteiger partial charge in [-0.1, -0.05) is 36.0 Å². The van der Waals surface area contributed by atoms with Gasteiger partial charge in [-0.2, -0.15) is 4.31 Å². The molecule has 8 nitrogen and oxygen atoms in total. The van der Waals surface area contributed by atoms with Gasteiger partial charge in [-0.05, 0) is 25.0 Å². The normalized spacial score (nSPS) is 18.7. The number of carbonyl (C=O) groups excluding carboxylic acids is 2. The van der Waals surface area contributed by atoms with E-state index in [0.29, 0.717) is 13.1 Å². The highest BCUT2D eigenvalue weighted by Gasteiger charge is 2.30. The molecule has 0 bridgehead atoms. The number of rotatable bonds is 5. The molecule has 30 heavy (non-hydrogen) atoms. The Kier molecular flexibility index (Phi) is 7.98. The van der Waals surface area contributed by atoms with Gasteiger partial charge >= 0.3 is 5.97 Å². The molecule has 0 aliphatic carbocycles. The van der Waals surface area contributed by atoms with Crippen molar-refractivity contribution in [2.45, 2.75) is 30.6 Å². The maximum atomic E-state index is 12.9. The lowest BCUT2D eigenvalue weighted by atomic mass is 10.2. The van der Waals surface area contributed by atoms with Gasteiger partial charge < -0.3 is 14.4 Å². The Labute approximate surface area is 186 Å². The summed E-state index contributed by atoms with van der Waals surface area (Å²) in [5.41, 5.74) is -0.156. The van der Waals surface area contributed by atoms with E-state index in [-0.39, 0.29) is 52.7 Å². The van der Waals surface area contributed by atoms with Gasteiger partial charge in [0, 0.05) is 26.2 Å². The molecule has 11 heteroatoms. The summed E-state index contributed by atoms with van der Waals surface area (Å²) in [6.07, 6.45) is 3.99. The Morgan fingerprint density at radius 3 is 2.23 bits per heavy atom. The van der Waals surface area contributed by atoms with Crippen molar-refractivity contribution in [3.63, 3.8) is 0 Å². The highest BCUT2D eigenvalue weighted by molar-refractivity contribution is 7.89. The third-order valence-electron chi connectivity index (χ3n) is 5.11. The largest absolute Gasteiger partial charge is 0.452 e. The molecule has 0 unspecified atom stereocenters. The lowest BCUT2D eigenvalue weighted by Crippen LogP contribution is -2.40. The van der Waals surface area contributed by atoms with Crippen molar-refractivity contribution < 1.29 is 27.5 Å². The van der Waals surface area contributed by atoms with Crippen LogP contribution in [-0.4, -0.2) is 75.5 Å². The fraction of sp³-hybridized carbons (Fsp3) is 0.579. The van der Waals surface area contributed by atoms with E-state index in [1.807, 2.05) is 0 Å². The third-order valence-corrected chi connectivity index (χ3v) is 7.79. The molecular weight excluding hydrogens is 455 g/mol. The molecule has 3 rings (SSSR count). The van der Waals surface area contributed by atoms with Crippen LogP contribution in [0.15, 0.2) is 17.0 Å². The topological polar surface area (TPSA) is 93.2 Å². The first kappa shape index (κ1) is 23.3. The second-order valence-electron chi connectivity index (χ2n) is 7.15. The first-order chi connectivity index (χ1) is 14.3. The Morgan fingerprint density at radius 2 is 1.60 bits per heavy atom. The van der Waals surface area contributed by atoms with Crippen molar-refractivity contribution >= 4 is 45.1 Å². The Morgan fingerprint density at radius 1 is 0.967 bits per heavy atom. The number of esters is 1. The van der Waals surface area contributed by atoms with Crippen LogP contribution in [-0.2, 0) is 24.3 Å². The quantitative estimate of drug-likeness (QED) is 0.603. The predicted octanol–water partition coefficient (Wildman–Crippen LogP) is 2.57. The third kappa shape index (κ3) is 5.45. The molecular formula is C19H24Cl2N2O6S. The predicted molar refractivity (Wildman–Crippen MR) is 111 cm³/mol. The number of likely N-dealkylation sites (tertiary alicyclic amines) is 1. The van der Waals surface area contributed by atoms with Crippen LogP contribution in [0.3, 0.4) is 0 Å². The molecule has 2 aliphatic heterocycles. The van der Waals surface area contributed by atoms with E-state index in [2.05, 4.69) is 0 Å². The van der Waals surface area contributed by atoms with Crippen LogP contribution in [0.1, 0.15) is 36.0 Å². The first-order valence-electron chi connectivity index (χ1n) is 9.82. The molecule has 2 aliphatic rings. The molecule has 0 aromatic heterocycles. The zero-order chi connectivity index (χ0) is 21.7. The maximum absolute atomic E-state index is 12.9. The number of ether oxygens (including phenoxy) is 2. The number of sulfonamides is 1. The van der Waals surface area contributed by atoms with Crippen molar-refractivity contribution in [1.29, 1.82) is 0 Å². The standard InChI is InChI=1S/C19H24Cl2N2O6S/c20-15-12-16(21)17(30(26,27)23-7-9-28-10-8-23)11-14(15)19(25)29-13-18(24)22-5-3-1-2-4-6-22/h11-12H,1-10,13H2. The van der Waals surface area contributed by atoms with Crippen LogP contribution >= 0.6 is 23.2 Å². The molecule has 166 valence electrons. The molecule has 0 radical (unpaired) electrons. The van der Waals surface area contributed by atoms with E-state index in [1.54, 1.807) is 4.90 Å². The summed E-state index contributed by atoms with van der Waals surface area (Å²) in [6, 6.07) is 2.30. The van der Waals surface area contributed by atoms with Gasteiger partial charge in [0.15, 0.2) is 6.61 Å². The Hall–Kier alpha value is -1.39. The number of carbonyl (C=O) groups is 2. The average Bonchev–Trinajstić information content (AvgIpc) is 3.02. The van der Waals surface area contributed by atoms with Crippen molar-refractivity contribution in [3.8, 4) is 0 Å². The van der Waals surface area contributed by atoms with E-state index in [4.69, 9.17) is 32.7 Å². The number of halogens is 2. The lowest BCUT2D eigenvalue weighted by molar-refractivity contribution is -0.134. The fourth-order valence-corrected chi connectivity index (χ4v) is 5.66. The van der Waals surface area contributed by atoms with E-state index in [9.17, 15) is 18.0 Å². The second-order valence-corrected chi connectivity index (χ2v) is 9.87. The summed E-state index contributed by atoms with van der Waals surface area (Å²) in [4.78, 5) is 26.3. The number of hydrogen-bond donors (Lipinski definition) is 0. The van der Waals surface area contributed by atoms with Gasteiger partial charge in [0.25, 0.3) is 5.91 Å². The average molecular weight is 479 g/mol. The molecule has 0 atom stereocenters. The number of morpholine rings is 1. The number of hydrogen-bond acceptors (Lipinski definition) is 6. The minimum absolute atomic E-state index is 0.0480. The molecule has 1 aromatic carbocycles. The zero-order valence-electron chi connectivity index (χ0n) is 16.4. The SMILES string of the molecule is O=C(OCC(=O)N1CCCCCC1)c1cc(S(=O)(=O)N2CCOCC2)c(Cl)cc1Cl. The van der Waals surface area contributed by atoms with Crippen LogP contribution < -0.4 is 0 Å². The van der Waals surface area contributed by atoms with E-state index < -0.39 is 22.6 Å². The number of benzene rings is 1. The Bertz CT molecular complexity index is 895. The number of nitrogens with zero attached hydrogens (tertiary/aromatic N) is 2. The zero-order valence-corrected chi connectivity index (χ0v) is 18.8. The van der Waals surface area contributed by atoms with Gasteiger partial charge in [0.05, 0.1) is 28.8 Å². The monoisotopic (exact) mass is 478 g/mol. The summed E-state index contributed by atoms with van der Waals surface area (Å²) >= 11 is 12.2. The van der Waals surface area contributed by atoms with E-state index in [1.165, 1.54) is 10.4 Å². The summed E-state index contributed by atoms with van der Waals surface area (Å²) in [5, 5.41) is -0.142. The van der Waals surface area contributed by atoms with Crippen molar-refractivity contribution in [3.05, 3.63) is 27.7 Å². The van der Waals surface area contributed by atoms with Crippen LogP contribution in [0.25, 0.3) is 0 Å². The van der Waals surface area contributed by atoms with Gasteiger partial charge in [-0.3, -0.25) is 4.79 Å². The Balaban J connectivity index is 1.74. The summed E-state index contributed by atoms with van der Waals surface area (Å²) in [7, 11) is -3.94. The van der Waals surface area contributed by atoms with Crippen LogP contribution in [0.5, 0.6) is 0 Å². The van der Waals surface area contributed by atoms with Gasteiger partial charge in [0.1, 0.15) is 4.90 Å². The van der Waals surface area contributed by atoms with Gasteiger partial charge in [-0.25, -0.2) is 13.2 Å². The lowest BCUT2D eigenvalue weighted by Gasteiger charge is -2.26. The van der Waals surface area contributed by atoms with Crippen molar-refractivity contribution in [2.75, 3.05) is 46.0 Å². The van der Waals surface area contributed by atoms with Crippen molar-refractivity contribution in [2.24, 2.45) is 0 Å². The van der Waals surface area contributed by atoms with Gasteiger partial charge in [0.2, 0.25) is 10.0 Å². The molecule has 0 saturated carbocycles. The smallest absolute Gasteiger partial charge is 0.340 e. The first-order valence-corrected chi connectivity index (χ1v) is 12.0. The molecule has 1 amide bonds. The molecule has 2 heterocycles. The highest BCUT2D eigenvalue weighted by atomic mass is 35.5. The molecule has 2 saturated heterocycles. The van der Waals surface area contributed by atoms with Crippen LogP contribution in [0.4, 0.5) is 0 Å². The highest BCUT2D eigenvalue weighted by Crippen LogP contribution is 2.31. The van der Waals surface area contributed by atoms with E-state index in [0.717, 1.165) is 31.7 Å². The maximum Gasteiger partial charge on any atom is 0.340 e. The molecule has 0 N–H and O–H groups in total. The second kappa shape index (κ2) is 10.3. The van der Waals surface area contributed by atoms with Crippen LogP contribution in [0.2, 0.25) is 10.0 Å².